The molecule has 1 aliphatic rings. The molecule has 0 spiro atoms. The van der Waals surface area contributed by atoms with Crippen LogP contribution >= 0.6 is 23.2 Å². The number of nitrogens with one attached hydrogen (secondary N) is 1. The summed E-state index contributed by atoms with van der Waals surface area (Å²) < 4.78 is 0. The van der Waals surface area contributed by atoms with Gasteiger partial charge in [-0.15, -0.1) is 0 Å². The Morgan fingerprint density at radius 1 is 1.44 bits per heavy atom. The van der Waals surface area contributed by atoms with Gasteiger partial charge in [0.15, 0.2) is 0 Å². The van der Waals surface area contributed by atoms with E-state index >= 15 is 0 Å². The zero-order valence-corrected chi connectivity index (χ0v) is 10.3. The minimum Gasteiger partial charge on any atom is -0.349 e. The summed E-state index contributed by atoms with van der Waals surface area (Å²) in [5, 5.41) is 3.39. The lowest BCUT2D eigenvalue weighted by atomic mass is 10.2. The van der Waals surface area contributed by atoms with Crippen LogP contribution in [0.5, 0.6) is 0 Å². The summed E-state index contributed by atoms with van der Waals surface area (Å²) in [4.78, 5) is 15.6. The molecule has 3 nitrogen and oxygen atoms in total. The number of nitrogens with zero attached hydrogens (tertiary/aromatic N) is 1. The van der Waals surface area contributed by atoms with E-state index in [-0.39, 0.29) is 22.3 Å². The molecular formula is C11H12Cl2N2O. The molecule has 1 N–H and O–H groups in total. The van der Waals surface area contributed by atoms with Gasteiger partial charge in [-0.05, 0) is 37.8 Å². The summed E-state index contributed by atoms with van der Waals surface area (Å²) in [5.74, 6) is 0.474. The van der Waals surface area contributed by atoms with Gasteiger partial charge in [0, 0.05) is 11.6 Å². The van der Waals surface area contributed by atoms with Crippen molar-refractivity contribution < 1.29 is 4.79 Å². The zero-order valence-electron chi connectivity index (χ0n) is 8.84. The number of aromatic nitrogens is 1. The molecule has 1 amide bonds. The van der Waals surface area contributed by atoms with Gasteiger partial charge < -0.3 is 5.32 Å². The predicted octanol–water partition coefficient (Wildman–Crippen LogP) is 2.92. The quantitative estimate of drug-likeness (QED) is 0.848. The first-order valence-corrected chi connectivity index (χ1v) is 5.96. The van der Waals surface area contributed by atoms with Crippen molar-refractivity contribution in [1.29, 1.82) is 0 Å². The molecule has 16 heavy (non-hydrogen) atoms. The lowest BCUT2D eigenvalue weighted by Crippen LogP contribution is -2.34. The van der Waals surface area contributed by atoms with E-state index < -0.39 is 0 Å². The van der Waals surface area contributed by atoms with Crippen LogP contribution < -0.4 is 5.32 Å². The first-order chi connectivity index (χ1) is 7.56. The van der Waals surface area contributed by atoms with E-state index in [1.807, 2.05) is 6.92 Å². The average Bonchev–Trinajstić information content (AvgIpc) is 2.98. The van der Waals surface area contributed by atoms with Crippen molar-refractivity contribution in [3.63, 3.8) is 0 Å². The molecule has 1 aliphatic carbocycles. The Morgan fingerprint density at radius 3 is 2.50 bits per heavy atom. The Balaban J connectivity index is 2.07. The van der Waals surface area contributed by atoms with Crippen molar-refractivity contribution in [1.82, 2.24) is 10.3 Å². The maximum Gasteiger partial charge on any atom is 0.251 e. The Bertz CT molecular complexity index is 398. The number of rotatable bonds is 3. The van der Waals surface area contributed by atoms with Crippen LogP contribution in [0.4, 0.5) is 0 Å². The predicted molar refractivity (Wildman–Crippen MR) is 63.9 cm³/mol. The topological polar surface area (TPSA) is 42.0 Å². The van der Waals surface area contributed by atoms with Crippen LogP contribution in [0, 0.1) is 5.92 Å². The normalized spacial score (nSPS) is 16.9. The lowest BCUT2D eigenvalue weighted by Gasteiger charge is -2.12. The van der Waals surface area contributed by atoms with Crippen LogP contribution in [0.3, 0.4) is 0 Å². The van der Waals surface area contributed by atoms with E-state index in [9.17, 15) is 4.79 Å². The van der Waals surface area contributed by atoms with Crippen molar-refractivity contribution in [3.05, 3.63) is 28.0 Å². The highest BCUT2D eigenvalue weighted by atomic mass is 35.5. The van der Waals surface area contributed by atoms with Crippen LogP contribution in [0.25, 0.3) is 0 Å². The summed E-state index contributed by atoms with van der Waals surface area (Å²) in [6.07, 6.45) is 2.39. The summed E-state index contributed by atoms with van der Waals surface area (Å²) in [5.41, 5.74) is 0.456. The smallest absolute Gasteiger partial charge is 0.251 e. The number of pyridine rings is 1. The third-order valence-corrected chi connectivity index (χ3v) is 3.10. The van der Waals surface area contributed by atoms with Gasteiger partial charge in [-0.1, -0.05) is 23.2 Å². The van der Waals surface area contributed by atoms with E-state index in [4.69, 9.17) is 23.2 Å². The summed E-state index contributed by atoms with van der Waals surface area (Å²) in [6, 6.07) is 3.24. The van der Waals surface area contributed by atoms with Crippen LogP contribution in [0.15, 0.2) is 12.1 Å². The minimum absolute atomic E-state index is 0.148. The Kier molecular flexibility index (Phi) is 3.36. The van der Waals surface area contributed by atoms with Crippen molar-refractivity contribution in [2.45, 2.75) is 25.8 Å². The molecule has 0 saturated heterocycles. The monoisotopic (exact) mass is 258 g/mol. The second kappa shape index (κ2) is 4.60. The van der Waals surface area contributed by atoms with Gasteiger partial charge in [0.2, 0.25) is 0 Å². The number of hydrogen-bond donors (Lipinski definition) is 1. The number of halogens is 2. The van der Waals surface area contributed by atoms with E-state index in [1.165, 1.54) is 25.0 Å². The third-order valence-electron chi connectivity index (χ3n) is 2.71. The molecule has 1 heterocycles. The summed E-state index contributed by atoms with van der Waals surface area (Å²) in [6.45, 7) is 2.01. The molecule has 1 unspecified atom stereocenters. The van der Waals surface area contributed by atoms with E-state index in [2.05, 4.69) is 10.3 Å². The SMILES string of the molecule is CC(NC(=O)c1cc(Cl)nc(Cl)c1)C1CC1. The van der Waals surface area contributed by atoms with E-state index in [0.717, 1.165) is 0 Å². The first-order valence-electron chi connectivity index (χ1n) is 5.20. The van der Waals surface area contributed by atoms with Gasteiger partial charge in [-0.3, -0.25) is 4.79 Å². The fourth-order valence-electron chi connectivity index (χ4n) is 1.60. The highest BCUT2D eigenvalue weighted by Gasteiger charge is 2.29. The van der Waals surface area contributed by atoms with Crippen LogP contribution in [0.1, 0.15) is 30.1 Å². The highest BCUT2D eigenvalue weighted by molar-refractivity contribution is 6.33. The van der Waals surface area contributed by atoms with Gasteiger partial charge in [0.05, 0.1) is 0 Å². The first kappa shape index (κ1) is 11.7. The molecule has 1 aromatic rings. The Morgan fingerprint density at radius 2 is 2.00 bits per heavy atom. The number of amides is 1. The molecule has 0 aromatic carbocycles. The Hall–Kier alpha value is -0.800. The zero-order chi connectivity index (χ0) is 11.7. The Labute approximate surface area is 104 Å². The molecule has 1 saturated carbocycles. The molecule has 1 aromatic heterocycles. The molecule has 86 valence electrons. The standard InChI is InChI=1S/C11H12Cl2N2O/c1-6(7-2-3-7)14-11(16)8-4-9(12)15-10(13)5-8/h4-7H,2-3H2,1H3,(H,14,16). The van der Waals surface area contributed by atoms with Gasteiger partial charge in [-0.25, -0.2) is 4.98 Å². The molecule has 2 rings (SSSR count). The van der Waals surface area contributed by atoms with Gasteiger partial charge in [-0.2, -0.15) is 0 Å². The summed E-state index contributed by atoms with van der Waals surface area (Å²) >= 11 is 11.5. The van der Waals surface area contributed by atoms with Gasteiger partial charge >= 0.3 is 0 Å². The number of hydrogen-bond acceptors (Lipinski definition) is 2. The number of carbonyl (C=O) groups is 1. The van der Waals surface area contributed by atoms with Crippen molar-refractivity contribution in [3.8, 4) is 0 Å². The molecule has 0 bridgehead atoms. The number of carbonyl (C=O) groups excluding carboxylic acids is 1. The average molecular weight is 259 g/mol. The molecule has 0 radical (unpaired) electrons. The van der Waals surface area contributed by atoms with Crippen LogP contribution in [-0.4, -0.2) is 16.9 Å². The third kappa shape index (κ3) is 2.86. The van der Waals surface area contributed by atoms with Gasteiger partial charge in [0.1, 0.15) is 10.3 Å². The van der Waals surface area contributed by atoms with Gasteiger partial charge in [0.25, 0.3) is 5.91 Å². The molecular weight excluding hydrogens is 247 g/mol. The van der Waals surface area contributed by atoms with Crippen molar-refractivity contribution in [2.75, 3.05) is 0 Å². The van der Waals surface area contributed by atoms with Crippen LogP contribution in [0.2, 0.25) is 10.3 Å². The highest BCUT2D eigenvalue weighted by Crippen LogP contribution is 2.32. The summed E-state index contributed by atoms with van der Waals surface area (Å²) in [7, 11) is 0. The fourth-order valence-corrected chi connectivity index (χ4v) is 2.06. The molecule has 0 aliphatic heterocycles. The maximum absolute atomic E-state index is 11.8. The molecule has 1 atom stereocenters. The fraction of sp³-hybridized carbons (Fsp3) is 0.455. The van der Waals surface area contributed by atoms with E-state index in [1.54, 1.807) is 0 Å². The molecule has 5 heteroatoms. The van der Waals surface area contributed by atoms with E-state index in [0.29, 0.717) is 11.5 Å². The van der Waals surface area contributed by atoms with Crippen molar-refractivity contribution in [2.24, 2.45) is 5.92 Å². The van der Waals surface area contributed by atoms with Crippen LogP contribution in [-0.2, 0) is 0 Å². The molecule has 1 fully saturated rings. The second-order valence-corrected chi connectivity index (χ2v) is 4.88. The second-order valence-electron chi connectivity index (χ2n) is 4.10. The lowest BCUT2D eigenvalue weighted by molar-refractivity contribution is 0.0935. The maximum atomic E-state index is 11.8. The largest absolute Gasteiger partial charge is 0.349 e. The van der Waals surface area contributed by atoms with Crippen molar-refractivity contribution >= 4 is 29.1 Å². The minimum atomic E-state index is -0.148.